The first-order chi connectivity index (χ1) is 15.7. The molecule has 11 heteroatoms. The van der Waals surface area contributed by atoms with Crippen molar-refractivity contribution in [1.29, 1.82) is 0 Å². The predicted molar refractivity (Wildman–Crippen MR) is 116 cm³/mol. The van der Waals surface area contributed by atoms with Crippen molar-refractivity contribution in [3.8, 4) is 0 Å². The van der Waals surface area contributed by atoms with Crippen molar-refractivity contribution in [2.24, 2.45) is 0 Å². The summed E-state index contributed by atoms with van der Waals surface area (Å²) in [6.45, 7) is 0.972. The van der Waals surface area contributed by atoms with E-state index in [-0.39, 0.29) is 30.1 Å². The first-order valence-electron chi connectivity index (χ1n) is 10.8. The van der Waals surface area contributed by atoms with E-state index in [0.717, 1.165) is 18.2 Å². The van der Waals surface area contributed by atoms with Crippen LogP contribution in [0.25, 0.3) is 0 Å². The van der Waals surface area contributed by atoms with Gasteiger partial charge in [0.1, 0.15) is 10.6 Å². The summed E-state index contributed by atoms with van der Waals surface area (Å²) in [5.41, 5.74) is -2.06. The van der Waals surface area contributed by atoms with Gasteiger partial charge in [-0.15, -0.1) is 11.3 Å². The summed E-state index contributed by atoms with van der Waals surface area (Å²) >= 11 is 1.41. The zero-order valence-corrected chi connectivity index (χ0v) is 18.6. The Balaban J connectivity index is 1.38. The van der Waals surface area contributed by atoms with Crippen molar-refractivity contribution in [3.63, 3.8) is 0 Å². The van der Waals surface area contributed by atoms with Crippen LogP contribution in [0.3, 0.4) is 0 Å². The van der Waals surface area contributed by atoms with Gasteiger partial charge in [-0.25, -0.2) is 4.98 Å². The quantitative estimate of drug-likeness (QED) is 0.588. The Hall–Kier alpha value is -2.50. The van der Waals surface area contributed by atoms with Crippen molar-refractivity contribution in [1.82, 2.24) is 20.5 Å². The topological polar surface area (TPSA) is 94.6 Å². The molecular weight excluding hydrogens is 457 g/mol. The van der Waals surface area contributed by atoms with Crippen LogP contribution in [-0.4, -0.2) is 58.5 Å². The van der Waals surface area contributed by atoms with E-state index in [0.29, 0.717) is 43.8 Å². The molecule has 1 aromatic heterocycles. The molecule has 2 heterocycles. The van der Waals surface area contributed by atoms with Crippen molar-refractivity contribution in [3.05, 3.63) is 52.0 Å². The van der Waals surface area contributed by atoms with Gasteiger partial charge < -0.3 is 20.6 Å². The number of halogens is 3. The number of hydrogen-bond acceptors (Lipinski definition) is 6. The number of thiazole rings is 1. The lowest BCUT2D eigenvalue weighted by Crippen LogP contribution is -2.63. The van der Waals surface area contributed by atoms with Crippen molar-refractivity contribution < 1.29 is 27.9 Å². The molecule has 33 heavy (non-hydrogen) atoms. The van der Waals surface area contributed by atoms with E-state index in [1.165, 1.54) is 17.4 Å². The lowest BCUT2D eigenvalue weighted by Gasteiger charge is -2.46. The molecule has 0 radical (unpaired) electrons. The maximum atomic E-state index is 13.1. The highest BCUT2D eigenvalue weighted by Crippen LogP contribution is 2.40. The molecule has 2 aromatic rings. The molecule has 0 unspecified atom stereocenters. The van der Waals surface area contributed by atoms with Crippen LogP contribution >= 0.6 is 11.3 Å². The van der Waals surface area contributed by atoms with Crippen LogP contribution in [0.4, 0.5) is 13.2 Å². The molecule has 0 atom stereocenters. The van der Waals surface area contributed by atoms with E-state index < -0.39 is 23.2 Å². The van der Waals surface area contributed by atoms with Gasteiger partial charge in [0.05, 0.1) is 18.2 Å². The zero-order chi connectivity index (χ0) is 23.6. The van der Waals surface area contributed by atoms with Gasteiger partial charge in [-0.05, 0) is 43.9 Å². The highest BCUT2D eigenvalue weighted by molar-refractivity contribution is 7.09. The number of nitrogens with one attached hydrogen (secondary N) is 2. The summed E-state index contributed by atoms with van der Waals surface area (Å²) in [6.07, 6.45) is -0.744. The Bertz CT molecular complexity index is 987. The predicted octanol–water partition coefficient (Wildman–Crippen LogP) is 2.52. The number of benzene rings is 1. The molecule has 2 aliphatic rings. The second-order valence-electron chi connectivity index (χ2n) is 8.47. The Morgan fingerprint density at radius 1 is 1.24 bits per heavy atom. The van der Waals surface area contributed by atoms with Crippen molar-refractivity contribution in [2.45, 2.75) is 49.5 Å². The van der Waals surface area contributed by atoms with Crippen LogP contribution in [0.5, 0.6) is 0 Å². The third-order valence-corrected chi connectivity index (χ3v) is 7.27. The number of aliphatic hydroxyl groups is 1. The van der Waals surface area contributed by atoms with Gasteiger partial charge in [-0.1, -0.05) is 6.07 Å². The van der Waals surface area contributed by atoms with E-state index in [1.807, 2.05) is 5.38 Å². The second-order valence-corrected chi connectivity index (χ2v) is 9.37. The van der Waals surface area contributed by atoms with Gasteiger partial charge in [-0.2, -0.15) is 13.2 Å². The van der Waals surface area contributed by atoms with Gasteiger partial charge in [0.25, 0.3) is 5.91 Å². The second kappa shape index (κ2) is 9.40. The van der Waals surface area contributed by atoms with Crippen molar-refractivity contribution >= 4 is 23.2 Å². The number of aromatic nitrogens is 1. The summed E-state index contributed by atoms with van der Waals surface area (Å²) in [5.74, 6) is -1.02. The highest BCUT2D eigenvalue weighted by atomic mass is 32.1. The molecule has 0 bridgehead atoms. The van der Waals surface area contributed by atoms with Gasteiger partial charge in [0, 0.05) is 36.3 Å². The molecule has 2 fully saturated rings. The summed E-state index contributed by atoms with van der Waals surface area (Å²) < 4.78 is 38.7. The number of hydrogen-bond donors (Lipinski definition) is 3. The summed E-state index contributed by atoms with van der Waals surface area (Å²) in [6, 6.07) is 4.01. The third kappa shape index (κ3) is 5.20. The number of alkyl halides is 3. The Morgan fingerprint density at radius 3 is 2.55 bits per heavy atom. The molecular formula is C22H25F3N4O3S. The zero-order valence-electron chi connectivity index (χ0n) is 17.8. The average Bonchev–Trinajstić information content (AvgIpc) is 3.30. The van der Waals surface area contributed by atoms with Crippen molar-refractivity contribution in [2.75, 3.05) is 19.6 Å². The molecule has 1 saturated heterocycles. The highest BCUT2D eigenvalue weighted by Gasteiger charge is 2.42. The minimum Gasteiger partial charge on any atom is -0.383 e. The Morgan fingerprint density at radius 2 is 1.97 bits per heavy atom. The van der Waals surface area contributed by atoms with E-state index in [4.69, 9.17) is 0 Å². The largest absolute Gasteiger partial charge is 0.416 e. The molecule has 1 aliphatic carbocycles. The molecule has 3 N–H and O–H groups in total. The van der Waals surface area contributed by atoms with E-state index >= 15 is 0 Å². The maximum absolute atomic E-state index is 13.1. The van der Waals surface area contributed by atoms with Crippen LogP contribution in [0.1, 0.15) is 46.6 Å². The lowest BCUT2D eigenvalue weighted by molar-refractivity contribution is -0.139. The van der Waals surface area contributed by atoms with Gasteiger partial charge >= 0.3 is 6.18 Å². The molecule has 0 spiro atoms. The first kappa shape index (κ1) is 23.7. The average molecular weight is 483 g/mol. The van der Waals surface area contributed by atoms with Gasteiger partial charge in [0.2, 0.25) is 5.91 Å². The normalized spacial score (nSPS) is 23.6. The fourth-order valence-electron chi connectivity index (χ4n) is 4.39. The third-order valence-electron chi connectivity index (χ3n) is 6.30. The fourth-order valence-corrected chi connectivity index (χ4v) is 5.18. The Labute approximate surface area is 193 Å². The summed E-state index contributed by atoms with van der Waals surface area (Å²) in [7, 11) is 0. The number of carbonyl (C=O) groups is 2. The lowest BCUT2D eigenvalue weighted by atomic mass is 9.81. The fraction of sp³-hybridized carbons (Fsp3) is 0.500. The van der Waals surface area contributed by atoms with E-state index in [2.05, 4.69) is 15.6 Å². The molecule has 2 amide bonds. The number of carbonyl (C=O) groups excluding carboxylic acids is 2. The minimum atomic E-state index is -4.55. The SMILES string of the molecule is O=C(NCC(=O)N(C1CCC(O)(c2nccs2)CC1)C1CNC1)c1cccc(C(F)(F)F)c1. The van der Waals surface area contributed by atoms with Gasteiger partial charge in [-0.3, -0.25) is 9.59 Å². The summed E-state index contributed by atoms with van der Waals surface area (Å²) in [5, 5.41) is 19.1. The van der Waals surface area contributed by atoms with Gasteiger partial charge in [0.15, 0.2) is 0 Å². The molecule has 1 aliphatic heterocycles. The number of amides is 2. The van der Waals surface area contributed by atoms with E-state index in [9.17, 15) is 27.9 Å². The maximum Gasteiger partial charge on any atom is 0.416 e. The van der Waals surface area contributed by atoms with Crippen LogP contribution in [0.2, 0.25) is 0 Å². The standard InChI is InChI=1S/C22H25F3N4O3S/c23-22(24,25)15-3-1-2-14(10-15)19(31)28-13-18(30)29(17-11-26-12-17)16-4-6-21(32,7-5-16)20-27-8-9-33-20/h1-3,8-10,16-17,26,32H,4-7,11-13H2,(H,28,31). The smallest absolute Gasteiger partial charge is 0.383 e. The molecule has 7 nitrogen and oxygen atoms in total. The number of rotatable bonds is 6. The minimum absolute atomic E-state index is 0.0148. The number of nitrogens with zero attached hydrogens (tertiary/aromatic N) is 2. The van der Waals surface area contributed by atoms with Crippen LogP contribution in [0.15, 0.2) is 35.8 Å². The van der Waals surface area contributed by atoms with E-state index in [1.54, 1.807) is 11.1 Å². The van der Waals surface area contributed by atoms with Crippen LogP contribution in [0, 0.1) is 0 Å². The molecule has 1 saturated carbocycles. The Kier molecular flexibility index (Phi) is 6.73. The summed E-state index contributed by atoms with van der Waals surface area (Å²) in [4.78, 5) is 31.5. The molecule has 178 valence electrons. The van der Waals surface area contributed by atoms with Crippen LogP contribution < -0.4 is 10.6 Å². The molecule has 1 aromatic carbocycles. The first-order valence-corrected chi connectivity index (χ1v) is 11.6. The monoisotopic (exact) mass is 482 g/mol. The molecule has 4 rings (SSSR count). The van der Waals surface area contributed by atoms with Crippen LogP contribution in [-0.2, 0) is 16.6 Å².